The molecule has 0 unspecified atom stereocenters. The Bertz CT molecular complexity index is 1230. The van der Waals surface area contributed by atoms with E-state index in [-0.39, 0.29) is 5.75 Å². The van der Waals surface area contributed by atoms with Crippen LogP contribution in [0.2, 0.25) is 0 Å². The topological polar surface area (TPSA) is 69.6 Å². The van der Waals surface area contributed by atoms with Gasteiger partial charge in [-0.1, -0.05) is 30.3 Å². The van der Waals surface area contributed by atoms with Crippen molar-refractivity contribution in [2.75, 3.05) is 44.2 Å². The second kappa shape index (κ2) is 9.29. The summed E-state index contributed by atoms with van der Waals surface area (Å²) in [5, 5.41) is 1.13. The van der Waals surface area contributed by atoms with Crippen LogP contribution < -0.4 is 4.90 Å². The maximum atomic E-state index is 13.0. The van der Waals surface area contributed by atoms with E-state index >= 15 is 0 Å². The van der Waals surface area contributed by atoms with Crippen LogP contribution in [0.25, 0.3) is 10.2 Å². The molecule has 0 N–H and O–H groups in total. The molecule has 4 heterocycles. The molecular formula is C24H31N5O2S2. The van der Waals surface area contributed by atoms with Crippen LogP contribution in [-0.2, 0) is 22.3 Å². The first-order valence-corrected chi connectivity index (χ1v) is 14.1. The van der Waals surface area contributed by atoms with Crippen molar-refractivity contribution in [3.63, 3.8) is 0 Å². The molecule has 0 atom stereocenters. The Hall–Kier alpha value is -2.07. The van der Waals surface area contributed by atoms with E-state index in [4.69, 9.17) is 9.97 Å². The number of piperazine rings is 1. The number of nitrogens with zero attached hydrogens (tertiary/aromatic N) is 5. The van der Waals surface area contributed by atoms with Crippen molar-refractivity contribution in [2.24, 2.45) is 0 Å². The smallest absolute Gasteiger partial charge is 0.218 e. The summed E-state index contributed by atoms with van der Waals surface area (Å²) in [7, 11) is -3.34. The van der Waals surface area contributed by atoms with E-state index in [0.717, 1.165) is 47.1 Å². The molecule has 7 nitrogen and oxygen atoms in total. The molecule has 2 saturated heterocycles. The van der Waals surface area contributed by atoms with Crippen LogP contribution in [0.1, 0.15) is 34.7 Å². The van der Waals surface area contributed by atoms with Crippen LogP contribution in [0.15, 0.2) is 30.3 Å². The fourth-order valence-corrected chi connectivity index (χ4v) is 7.32. The van der Waals surface area contributed by atoms with E-state index in [1.54, 1.807) is 15.6 Å². The van der Waals surface area contributed by atoms with Gasteiger partial charge < -0.3 is 4.90 Å². The van der Waals surface area contributed by atoms with Gasteiger partial charge in [0.2, 0.25) is 10.0 Å². The number of benzene rings is 1. The van der Waals surface area contributed by atoms with E-state index in [1.165, 1.54) is 23.3 Å². The Kier molecular flexibility index (Phi) is 6.39. The summed E-state index contributed by atoms with van der Waals surface area (Å²) in [6, 6.07) is 9.41. The van der Waals surface area contributed by atoms with Crippen molar-refractivity contribution in [1.29, 1.82) is 0 Å². The van der Waals surface area contributed by atoms with Gasteiger partial charge in [0.1, 0.15) is 16.5 Å². The maximum absolute atomic E-state index is 13.0. The van der Waals surface area contributed by atoms with Gasteiger partial charge in [-0.05, 0) is 50.9 Å². The van der Waals surface area contributed by atoms with Crippen LogP contribution >= 0.6 is 11.3 Å². The highest BCUT2D eigenvalue weighted by molar-refractivity contribution is 7.88. The van der Waals surface area contributed by atoms with E-state index < -0.39 is 10.0 Å². The first kappa shape index (κ1) is 22.7. The van der Waals surface area contributed by atoms with E-state index in [2.05, 4.69) is 23.6 Å². The monoisotopic (exact) mass is 485 g/mol. The number of thiophene rings is 1. The molecule has 2 aliphatic heterocycles. The molecule has 9 heteroatoms. The summed E-state index contributed by atoms with van der Waals surface area (Å²) in [5.41, 5.74) is 2.06. The van der Waals surface area contributed by atoms with Gasteiger partial charge in [-0.2, -0.15) is 4.31 Å². The zero-order chi connectivity index (χ0) is 23.0. The molecule has 176 valence electrons. The van der Waals surface area contributed by atoms with E-state index in [1.807, 2.05) is 30.3 Å². The van der Waals surface area contributed by atoms with Gasteiger partial charge in [0.15, 0.2) is 0 Å². The van der Waals surface area contributed by atoms with Crippen LogP contribution in [0.3, 0.4) is 0 Å². The molecule has 5 rings (SSSR count). The first-order chi connectivity index (χ1) is 15.9. The zero-order valence-corrected chi connectivity index (χ0v) is 21.0. The standard InChI is InChI=1S/C24H31N5O2S2/c1-18-19(2)32-24-22(18)23(25-21(26-24)16-27-10-6-7-11-27)28-12-14-29(15-13-28)33(30,31)17-20-8-4-3-5-9-20/h3-5,8-9H,6-7,10-17H2,1-2H3. The lowest BCUT2D eigenvalue weighted by Gasteiger charge is -2.35. The molecule has 2 aromatic heterocycles. The average Bonchev–Trinajstić information content (AvgIpc) is 3.41. The minimum absolute atomic E-state index is 0.0500. The van der Waals surface area contributed by atoms with Crippen LogP contribution in [-0.4, -0.2) is 66.9 Å². The van der Waals surface area contributed by atoms with Crippen molar-refractivity contribution >= 4 is 37.4 Å². The molecule has 1 aromatic carbocycles. The zero-order valence-electron chi connectivity index (χ0n) is 19.3. The van der Waals surface area contributed by atoms with E-state index in [9.17, 15) is 8.42 Å². The fraction of sp³-hybridized carbons (Fsp3) is 0.500. The van der Waals surface area contributed by atoms with Crippen LogP contribution in [0.4, 0.5) is 5.82 Å². The molecule has 0 saturated carbocycles. The molecule has 0 spiro atoms. The van der Waals surface area contributed by atoms with Crippen molar-refractivity contribution in [2.45, 2.75) is 39.0 Å². The minimum Gasteiger partial charge on any atom is -0.353 e. The summed E-state index contributed by atoms with van der Waals surface area (Å²) in [6.45, 7) is 9.50. The third kappa shape index (κ3) is 4.77. The number of fused-ring (bicyclic) bond motifs is 1. The van der Waals surface area contributed by atoms with Gasteiger partial charge in [-0.25, -0.2) is 18.4 Å². The SMILES string of the molecule is Cc1sc2nc(CN3CCCC3)nc(N3CCN(S(=O)(=O)Cc4ccccc4)CC3)c2c1C. The van der Waals surface area contributed by atoms with Crippen molar-refractivity contribution in [3.05, 3.63) is 52.2 Å². The molecule has 33 heavy (non-hydrogen) atoms. The lowest BCUT2D eigenvalue weighted by Crippen LogP contribution is -2.49. The number of sulfonamides is 1. The second-order valence-electron chi connectivity index (χ2n) is 9.04. The van der Waals surface area contributed by atoms with Gasteiger partial charge in [-0.15, -0.1) is 11.3 Å². The molecule has 0 amide bonds. The number of anilines is 1. The Labute approximate surface area is 200 Å². The van der Waals surface area contributed by atoms with Gasteiger partial charge in [0, 0.05) is 31.1 Å². The summed E-state index contributed by atoms with van der Waals surface area (Å²) in [6.07, 6.45) is 2.48. The van der Waals surface area contributed by atoms with Gasteiger partial charge in [-0.3, -0.25) is 4.90 Å². The Balaban J connectivity index is 1.37. The summed E-state index contributed by atoms with van der Waals surface area (Å²) < 4.78 is 27.6. The van der Waals surface area contributed by atoms with Crippen molar-refractivity contribution in [1.82, 2.24) is 19.2 Å². The van der Waals surface area contributed by atoms with Gasteiger partial charge >= 0.3 is 0 Å². The molecule has 0 radical (unpaired) electrons. The maximum Gasteiger partial charge on any atom is 0.218 e. The molecule has 0 bridgehead atoms. The number of aryl methyl sites for hydroxylation is 2. The Morgan fingerprint density at radius 3 is 2.33 bits per heavy atom. The van der Waals surface area contributed by atoms with Crippen molar-refractivity contribution in [3.8, 4) is 0 Å². The first-order valence-electron chi connectivity index (χ1n) is 11.7. The highest BCUT2D eigenvalue weighted by Crippen LogP contribution is 2.35. The summed E-state index contributed by atoms with van der Waals surface area (Å²) >= 11 is 1.73. The molecule has 2 aliphatic rings. The lowest BCUT2D eigenvalue weighted by molar-refractivity contribution is 0.322. The number of hydrogen-bond donors (Lipinski definition) is 0. The number of aromatic nitrogens is 2. The number of rotatable bonds is 6. The second-order valence-corrected chi connectivity index (χ2v) is 12.2. The highest BCUT2D eigenvalue weighted by atomic mass is 32.2. The normalized spacial score (nSPS) is 18.4. The molecule has 0 aliphatic carbocycles. The van der Waals surface area contributed by atoms with Crippen molar-refractivity contribution < 1.29 is 8.42 Å². The van der Waals surface area contributed by atoms with Crippen LogP contribution in [0, 0.1) is 13.8 Å². The predicted molar refractivity (Wildman–Crippen MR) is 134 cm³/mol. The summed E-state index contributed by atoms with van der Waals surface area (Å²) in [5.74, 6) is 1.89. The Morgan fingerprint density at radius 1 is 0.939 bits per heavy atom. The average molecular weight is 486 g/mol. The Morgan fingerprint density at radius 2 is 1.64 bits per heavy atom. The van der Waals surface area contributed by atoms with E-state index in [0.29, 0.717) is 26.2 Å². The third-order valence-electron chi connectivity index (χ3n) is 6.74. The summed E-state index contributed by atoms with van der Waals surface area (Å²) in [4.78, 5) is 16.9. The third-order valence-corrected chi connectivity index (χ3v) is 9.69. The molecular weight excluding hydrogens is 454 g/mol. The number of likely N-dealkylation sites (tertiary alicyclic amines) is 1. The minimum atomic E-state index is -3.34. The van der Waals surface area contributed by atoms with Gasteiger partial charge in [0.05, 0.1) is 17.7 Å². The highest BCUT2D eigenvalue weighted by Gasteiger charge is 2.29. The molecule has 2 fully saturated rings. The predicted octanol–water partition coefficient (Wildman–Crippen LogP) is 3.56. The van der Waals surface area contributed by atoms with Gasteiger partial charge in [0.25, 0.3) is 0 Å². The lowest BCUT2D eigenvalue weighted by atomic mass is 10.2. The fourth-order valence-electron chi connectivity index (χ4n) is 4.77. The number of hydrogen-bond acceptors (Lipinski definition) is 7. The molecule has 3 aromatic rings. The van der Waals surface area contributed by atoms with Crippen LogP contribution in [0.5, 0.6) is 0 Å². The quantitative estimate of drug-likeness (QED) is 0.532. The largest absolute Gasteiger partial charge is 0.353 e.